The van der Waals surface area contributed by atoms with Crippen LogP contribution in [0.25, 0.3) is 0 Å². The van der Waals surface area contributed by atoms with Gasteiger partial charge in [-0.15, -0.1) is 31.7 Å². The summed E-state index contributed by atoms with van der Waals surface area (Å²) < 4.78 is 11.1. The summed E-state index contributed by atoms with van der Waals surface area (Å²) in [6.45, 7) is 3.47. The summed E-state index contributed by atoms with van der Waals surface area (Å²) >= 11 is 1.43. The van der Waals surface area contributed by atoms with E-state index in [1.54, 1.807) is 24.9 Å². The van der Waals surface area contributed by atoms with E-state index < -0.39 is 5.91 Å². The molecule has 0 spiro atoms. The SMILES string of the molecule is COc1ccc(OC2CCN(c3nnc(C(N)=O)c(Cc4nncs4)c3C)CC2)cn1. The summed E-state index contributed by atoms with van der Waals surface area (Å²) in [7, 11) is 1.58. The number of rotatable bonds is 7. The van der Waals surface area contributed by atoms with Crippen molar-refractivity contribution < 1.29 is 14.3 Å². The molecule has 1 aliphatic rings. The maximum atomic E-state index is 11.9. The summed E-state index contributed by atoms with van der Waals surface area (Å²) in [5, 5.41) is 17.2. The van der Waals surface area contributed by atoms with Crippen molar-refractivity contribution in [2.45, 2.75) is 32.3 Å². The van der Waals surface area contributed by atoms with Gasteiger partial charge in [0.1, 0.15) is 22.4 Å². The molecule has 10 nitrogen and oxygen atoms in total. The molecular weight excluding hydrogens is 418 g/mol. The molecule has 0 aromatic carbocycles. The zero-order chi connectivity index (χ0) is 21.8. The Morgan fingerprint density at radius 1 is 1.26 bits per heavy atom. The Labute approximate surface area is 183 Å². The molecule has 162 valence electrons. The number of amides is 1. The van der Waals surface area contributed by atoms with Crippen LogP contribution in [0.4, 0.5) is 5.82 Å². The highest BCUT2D eigenvalue weighted by Gasteiger charge is 2.26. The van der Waals surface area contributed by atoms with Gasteiger partial charge in [-0.05, 0) is 24.1 Å². The largest absolute Gasteiger partial charge is 0.489 e. The Bertz CT molecular complexity index is 1040. The second-order valence-electron chi connectivity index (χ2n) is 7.19. The van der Waals surface area contributed by atoms with Crippen molar-refractivity contribution in [2.24, 2.45) is 5.73 Å². The minimum absolute atomic E-state index is 0.0884. The van der Waals surface area contributed by atoms with Gasteiger partial charge in [-0.25, -0.2) is 4.98 Å². The summed E-state index contributed by atoms with van der Waals surface area (Å²) in [6, 6.07) is 3.64. The van der Waals surface area contributed by atoms with Crippen LogP contribution in [-0.2, 0) is 6.42 Å². The van der Waals surface area contributed by atoms with Crippen molar-refractivity contribution in [3.8, 4) is 11.6 Å². The minimum Gasteiger partial charge on any atom is -0.489 e. The van der Waals surface area contributed by atoms with Gasteiger partial charge in [0.15, 0.2) is 11.5 Å². The highest BCUT2D eigenvalue weighted by Crippen LogP contribution is 2.28. The molecule has 11 heteroatoms. The van der Waals surface area contributed by atoms with Gasteiger partial charge < -0.3 is 20.1 Å². The van der Waals surface area contributed by atoms with Crippen LogP contribution in [0.3, 0.4) is 0 Å². The monoisotopic (exact) mass is 441 g/mol. The van der Waals surface area contributed by atoms with Gasteiger partial charge in [-0.1, -0.05) is 0 Å². The van der Waals surface area contributed by atoms with Crippen LogP contribution < -0.4 is 20.1 Å². The first-order valence-corrected chi connectivity index (χ1v) is 10.8. The predicted octanol–water partition coefficient (Wildman–Crippen LogP) is 1.78. The summed E-state index contributed by atoms with van der Waals surface area (Å²) in [6.07, 6.45) is 3.86. The number of hydrogen-bond donors (Lipinski definition) is 1. The van der Waals surface area contributed by atoms with E-state index in [1.165, 1.54) is 11.3 Å². The van der Waals surface area contributed by atoms with E-state index in [1.807, 2.05) is 13.0 Å². The molecule has 0 bridgehead atoms. The predicted molar refractivity (Wildman–Crippen MR) is 115 cm³/mol. The first-order chi connectivity index (χ1) is 15.0. The third kappa shape index (κ3) is 4.71. The Kier molecular flexibility index (Phi) is 6.21. The fourth-order valence-electron chi connectivity index (χ4n) is 3.62. The maximum absolute atomic E-state index is 11.9. The molecule has 1 fully saturated rings. The number of ether oxygens (including phenoxy) is 2. The molecule has 1 saturated heterocycles. The Morgan fingerprint density at radius 3 is 2.68 bits per heavy atom. The number of pyridine rings is 1. The van der Waals surface area contributed by atoms with Gasteiger partial charge in [-0.2, -0.15) is 0 Å². The summed E-state index contributed by atoms with van der Waals surface area (Å²) in [5.41, 5.74) is 9.01. The van der Waals surface area contributed by atoms with Gasteiger partial charge in [0.2, 0.25) is 5.88 Å². The van der Waals surface area contributed by atoms with Crippen LogP contribution in [0.15, 0.2) is 23.8 Å². The molecule has 1 amide bonds. The van der Waals surface area contributed by atoms with E-state index in [0.29, 0.717) is 12.3 Å². The third-order valence-electron chi connectivity index (χ3n) is 5.25. The molecule has 0 unspecified atom stereocenters. The average molecular weight is 442 g/mol. The first-order valence-electron chi connectivity index (χ1n) is 9.87. The number of aromatic nitrogens is 5. The molecule has 3 aromatic heterocycles. The van der Waals surface area contributed by atoms with Crippen molar-refractivity contribution in [1.82, 2.24) is 25.4 Å². The van der Waals surface area contributed by atoms with Crippen LogP contribution >= 0.6 is 11.3 Å². The van der Waals surface area contributed by atoms with Crippen molar-refractivity contribution in [3.05, 3.63) is 45.7 Å². The summed E-state index contributed by atoms with van der Waals surface area (Å²) in [4.78, 5) is 18.2. The van der Waals surface area contributed by atoms with Crippen molar-refractivity contribution in [2.75, 3.05) is 25.1 Å². The molecule has 31 heavy (non-hydrogen) atoms. The fraction of sp³-hybridized carbons (Fsp3) is 0.400. The smallest absolute Gasteiger partial charge is 0.269 e. The normalized spacial score (nSPS) is 14.5. The van der Waals surface area contributed by atoms with Crippen LogP contribution in [-0.4, -0.2) is 57.6 Å². The fourth-order valence-corrected chi connectivity index (χ4v) is 4.16. The number of anilines is 1. The van der Waals surface area contributed by atoms with Crippen molar-refractivity contribution in [1.29, 1.82) is 0 Å². The van der Waals surface area contributed by atoms with Crippen molar-refractivity contribution in [3.63, 3.8) is 0 Å². The van der Waals surface area contributed by atoms with E-state index in [9.17, 15) is 4.79 Å². The quantitative estimate of drug-likeness (QED) is 0.583. The molecule has 0 radical (unpaired) electrons. The maximum Gasteiger partial charge on any atom is 0.269 e. The number of hydrogen-bond acceptors (Lipinski definition) is 10. The number of primary amides is 1. The molecular formula is C20H23N7O3S. The van der Waals surface area contributed by atoms with Crippen molar-refractivity contribution >= 4 is 23.1 Å². The van der Waals surface area contributed by atoms with Gasteiger partial charge in [-0.3, -0.25) is 4.79 Å². The van der Waals surface area contributed by atoms with E-state index in [-0.39, 0.29) is 11.8 Å². The van der Waals surface area contributed by atoms with Crippen LogP contribution in [0.2, 0.25) is 0 Å². The Morgan fingerprint density at radius 2 is 2.06 bits per heavy atom. The zero-order valence-electron chi connectivity index (χ0n) is 17.3. The molecule has 0 atom stereocenters. The second kappa shape index (κ2) is 9.21. The van der Waals surface area contributed by atoms with Gasteiger partial charge in [0, 0.05) is 38.4 Å². The highest BCUT2D eigenvalue weighted by molar-refractivity contribution is 7.09. The third-order valence-corrected chi connectivity index (χ3v) is 5.95. The number of carbonyl (C=O) groups is 1. The first kappa shape index (κ1) is 20.9. The van der Waals surface area contributed by atoms with E-state index in [2.05, 4.69) is 30.3 Å². The van der Waals surface area contributed by atoms with E-state index in [0.717, 1.165) is 53.6 Å². The van der Waals surface area contributed by atoms with Gasteiger partial charge in [0.25, 0.3) is 5.91 Å². The molecule has 4 rings (SSSR count). The molecule has 3 aromatic rings. The highest BCUT2D eigenvalue weighted by atomic mass is 32.1. The molecule has 1 aliphatic heterocycles. The molecule has 0 aliphatic carbocycles. The molecule has 4 heterocycles. The molecule has 2 N–H and O–H groups in total. The van der Waals surface area contributed by atoms with Gasteiger partial charge in [0.05, 0.1) is 13.3 Å². The lowest BCUT2D eigenvalue weighted by Gasteiger charge is -2.33. The number of carbonyl (C=O) groups excluding carboxylic acids is 1. The summed E-state index contributed by atoms with van der Waals surface area (Å²) in [5.74, 6) is 1.44. The number of nitrogens with zero attached hydrogens (tertiary/aromatic N) is 6. The van der Waals surface area contributed by atoms with Crippen LogP contribution in [0.1, 0.15) is 39.5 Å². The Balaban J connectivity index is 1.46. The van der Waals surface area contributed by atoms with Crippen LogP contribution in [0, 0.1) is 6.92 Å². The topological polar surface area (TPSA) is 129 Å². The number of methoxy groups -OCH3 is 1. The van der Waals surface area contributed by atoms with E-state index in [4.69, 9.17) is 15.2 Å². The second-order valence-corrected chi connectivity index (χ2v) is 8.11. The number of nitrogens with two attached hydrogens (primary N) is 1. The van der Waals surface area contributed by atoms with E-state index >= 15 is 0 Å². The lowest BCUT2D eigenvalue weighted by Crippen LogP contribution is -2.39. The standard InChI is InChI=1S/C20H23N7O3S/c1-12-15(9-17-24-23-11-31-17)18(19(21)28)25-26-20(12)27-7-5-13(6-8-27)30-14-3-4-16(29-2)22-10-14/h3-4,10-11,13H,5-9H2,1-2H3,(H2,21,28). The number of piperidine rings is 1. The Hall–Kier alpha value is -3.34. The minimum atomic E-state index is -0.595. The lowest BCUT2D eigenvalue weighted by atomic mass is 10.0. The molecule has 0 saturated carbocycles. The average Bonchev–Trinajstić information content (AvgIpc) is 3.29. The van der Waals surface area contributed by atoms with Gasteiger partial charge >= 0.3 is 0 Å². The zero-order valence-corrected chi connectivity index (χ0v) is 18.1. The lowest BCUT2D eigenvalue weighted by molar-refractivity contribution is 0.0993. The van der Waals surface area contributed by atoms with Crippen LogP contribution in [0.5, 0.6) is 11.6 Å².